The van der Waals surface area contributed by atoms with Gasteiger partial charge in [0, 0.05) is 49.7 Å². The van der Waals surface area contributed by atoms with Crippen LogP contribution in [0.25, 0.3) is 10.2 Å². The van der Waals surface area contributed by atoms with Crippen molar-refractivity contribution in [2.45, 2.75) is 23.6 Å². The molecule has 10 heteroatoms. The summed E-state index contributed by atoms with van der Waals surface area (Å²) in [7, 11) is -3.53. The highest BCUT2D eigenvalue weighted by molar-refractivity contribution is 7.98. The Morgan fingerprint density at radius 1 is 1.06 bits per heavy atom. The summed E-state index contributed by atoms with van der Waals surface area (Å²) in [5, 5.41) is 0.990. The van der Waals surface area contributed by atoms with E-state index in [4.69, 9.17) is 4.98 Å². The Morgan fingerprint density at radius 2 is 1.73 bits per heavy atom. The van der Waals surface area contributed by atoms with Crippen molar-refractivity contribution < 1.29 is 13.2 Å². The van der Waals surface area contributed by atoms with E-state index in [1.54, 1.807) is 35.2 Å². The molecule has 3 aromatic rings. The molecule has 0 bridgehead atoms. The third-order valence-electron chi connectivity index (χ3n) is 5.87. The first-order chi connectivity index (χ1) is 15.9. The van der Waals surface area contributed by atoms with Crippen molar-refractivity contribution in [3.05, 3.63) is 48.0 Å². The van der Waals surface area contributed by atoms with Crippen molar-refractivity contribution in [3.63, 3.8) is 0 Å². The molecule has 0 N–H and O–H groups in total. The second kappa shape index (κ2) is 10.0. The van der Waals surface area contributed by atoms with Crippen LogP contribution >= 0.6 is 23.1 Å². The van der Waals surface area contributed by atoms with Gasteiger partial charge in [0.2, 0.25) is 10.0 Å². The Kier molecular flexibility index (Phi) is 7.28. The number of anilines is 1. The lowest BCUT2D eigenvalue weighted by molar-refractivity contribution is 0.0746. The van der Waals surface area contributed by atoms with Crippen molar-refractivity contribution in [2.75, 3.05) is 50.4 Å². The van der Waals surface area contributed by atoms with Gasteiger partial charge in [-0.3, -0.25) is 4.79 Å². The maximum Gasteiger partial charge on any atom is 0.253 e. The molecule has 0 radical (unpaired) electrons. The van der Waals surface area contributed by atoms with Crippen LogP contribution in [0.3, 0.4) is 0 Å². The van der Waals surface area contributed by atoms with E-state index in [-0.39, 0.29) is 10.8 Å². The zero-order chi connectivity index (χ0) is 23.6. The molecule has 33 heavy (non-hydrogen) atoms. The number of hydrogen-bond donors (Lipinski definition) is 0. The molecular formula is C23H28N4O3S3. The Hall–Kier alpha value is -2.14. The number of thiazole rings is 1. The molecule has 0 saturated carbocycles. The van der Waals surface area contributed by atoms with Gasteiger partial charge in [0.15, 0.2) is 5.13 Å². The Balaban J connectivity index is 1.42. The van der Waals surface area contributed by atoms with E-state index in [1.807, 2.05) is 18.7 Å². The van der Waals surface area contributed by atoms with Crippen LogP contribution in [0.15, 0.2) is 52.3 Å². The predicted molar refractivity (Wildman–Crippen MR) is 136 cm³/mol. The van der Waals surface area contributed by atoms with E-state index < -0.39 is 10.0 Å². The van der Waals surface area contributed by atoms with Gasteiger partial charge in [0.25, 0.3) is 5.91 Å². The van der Waals surface area contributed by atoms with Crippen LogP contribution < -0.4 is 4.90 Å². The van der Waals surface area contributed by atoms with Gasteiger partial charge in [-0.1, -0.05) is 31.3 Å². The zero-order valence-corrected chi connectivity index (χ0v) is 21.5. The lowest BCUT2D eigenvalue weighted by atomic mass is 10.2. The largest absolute Gasteiger partial charge is 0.345 e. The second-order valence-electron chi connectivity index (χ2n) is 7.70. The Labute approximate surface area is 203 Å². The molecule has 0 aliphatic carbocycles. The lowest BCUT2D eigenvalue weighted by Crippen LogP contribution is -2.48. The molecule has 1 aliphatic heterocycles. The van der Waals surface area contributed by atoms with E-state index in [2.05, 4.69) is 29.4 Å². The smallest absolute Gasteiger partial charge is 0.253 e. The third-order valence-corrected chi connectivity index (χ3v) is 9.79. The van der Waals surface area contributed by atoms with Crippen LogP contribution in [-0.2, 0) is 10.0 Å². The number of para-hydroxylation sites is 1. The minimum absolute atomic E-state index is 0.0737. The standard InChI is InChI=1S/C23H28N4O3S3/c1-4-27(5-2)33(29,30)18-11-9-17(10-12-18)22(28)25-13-15-26(16-14-25)23-24-21-19(31-3)7-6-8-20(21)32-23/h6-12H,4-5,13-16H2,1-3H3. The van der Waals surface area contributed by atoms with Gasteiger partial charge < -0.3 is 9.80 Å². The number of aromatic nitrogens is 1. The monoisotopic (exact) mass is 504 g/mol. The molecule has 1 fully saturated rings. The number of fused-ring (bicyclic) bond motifs is 1. The van der Waals surface area contributed by atoms with Crippen LogP contribution in [0.4, 0.5) is 5.13 Å². The van der Waals surface area contributed by atoms with Gasteiger partial charge in [-0.05, 0) is 42.7 Å². The fraction of sp³-hybridized carbons (Fsp3) is 0.391. The van der Waals surface area contributed by atoms with E-state index in [0.717, 1.165) is 10.6 Å². The molecule has 1 amide bonds. The number of nitrogens with zero attached hydrogens (tertiary/aromatic N) is 4. The summed E-state index contributed by atoms with van der Waals surface area (Å²) in [6.45, 7) is 7.09. The number of sulfonamides is 1. The van der Waals surface area contributed by atoms with Crippen molar-refractivity contribution >= 4 is 54.4 Å². The minimum atomic E-state index is -3.53. The van der Waals surface area contributed by atoms with Crippen LogP contribution in [0.1, 0.15) is 24.2 Å². The normalized spacial score (nSPS) is 14.9. The number of rotatable bonds is 7. The summed E-state index contributed by atoms with van der Waals surface area (Å²) in [6, 6.07) is 12.5. The van der Waals surface area contributed by atoms with Crippen molar-refractivity contribution in [3.8, 4) is 0 Å². The molecule has 0 spiro atoms. The lowest BCUT2D eigenvalue weighted by Gasteiger charge is -2.34. The summed E-state index contributed by atoms with van der Waals surface area (Å²) >= 11 is 3.39. The molecule has 2 aromatic carbocycles. The van der Waals surface area contributed by atoms with Crippen molar-refractivity contribution in [1.29, 1.82) is 0 Å². The van der Waals surface area contributed by atoms with E-state index in [9.17, 15) is 13.2 Å². The summed E-state index contributed by atoms with van der Waals surface area (Å²) in [4.78, 5) is 23.3. The number of piperazine rings is 1. The summed E-state index contributed by atoms with van der Waals surface area (Å²) in [5.41, 5.74) is 1.55. The van der Waals surface area contributed by atoms with Gasteiger partial charge in [-0.25, -0.2) is 13.4 Å². The van der Waals surface area contributed by atoms with Crippen LogP contribution in [0, 0.1) is 0 Å². The SMILES string of the molecule is CCN(CC)S(=O)(=O)c1ccc(C(=O)N2CCN(c3nc4c(SC)cccc4s3)CC2)cc1. The maximum atomic E-state index is 13.0. The number of thioether (sulfide) groups is 1. The van der Waals surface area contributed by atoms with E-state index >= 15 is 0 Å². The number of benzene rings is 2. The molecule has 4 rings (SSSR count). The quantitative estimate of drug-likeness (QED) is 0.453. The first-order valence-corrected chi connectivity index (χ1v) is 14.4. The summed E-state index contributed by atoms with van der Waals surface area (Å²) in [5.74, 6) is -0.0737. The van der Waals surface area contributed by atoms with E-state index in [1.165, 1.54) is 26.0 Å². The fourth-order valence-corrected chi connectivity index (χ4v) is 7.11. The number of amides is 1. The first kappa shape index (κ1) is 24.0. The van der Waals surface area contributed by atoms with Crippen molar-refractivity contribution in [1.82, 2.24) is 14.2 Å². The second-order valence-corrected chi connectivity index (χ2v) is 11.5. The van der Waals surface area contributed by atoms with Crippen LogP contribution in [0.5, 0.6) is 0 Å². The maximum absolute atomic E-state index is 13.0. The fourth-order valence-electron chi connectivity index (χ4n) is 3.98. The minimum Gasteiger partial charge on any atom is -0.345 e. The Bertz CT molecular complexity index is 1230. The average Bonchev–Trinajstić information content (AvgIpc) is 3.29. The highest BCUT2D eigenvalue weighted by Gasteiger charge is 2.26. The van der Waals surface area contributed by atoms with Crippen molar-refractivity contribution in [2.24, 2.45) is 0 Å². The molecule has 176 valence electrons. The molecule has 1 aliphatic rings. The third kappa shape index (κ3) is 4.75. The molecule has 1 saturated heterocycles. The topological polar surface area (TPSA) is 73.8 Å². The first-order valence-electron chi connectivity index (χ1n) is 11.0. The average molecular weight is 505 g/mol. The van der Waals surface area contributed by atoms with Crippen LogP contribution in [-0.4, -0.2) is 74.0 Å². The number of carbonyl (C=O) groups is 1. The van der Waals surface area contributed by atoms with Gasteiger partial charge in [-0.15, -0.1) is 11.8 Å². The highest BCUT2D eigenvalue weighted by atomic mass is 32.2. The molecule has 1 aromatic heterocycles. The van der Waals surface area contributed by atoms with Gasteiger partial charge in [0.05, 0.1) is 15.1 Å². The number of hydrogen-bond acceptors (Lipinski definition) is 7. The summed E-state index contributed by atoms with van der Waals surface area (Å²) < 4.78 is 27.9. The van der Waals surface area contributed by atoms with Crippen LogP contribution in [0.2, 0.25) is 0 Å². The molecule has 7 nitrogen and oxygen atoms in total. The molecule has 0 atom stereocenters. The molecular weight excluding hydrogens is 476 g/mol. The molecule has 0 unspecified atom stereocenters. The molecule has 2 heterocycles. The predicted octanol–water partition coefficient (Wildman–Crippen LogP) is 4.01. The number of carbonyl (C=O) groups excluding carboxylic acids is 1. The Morgan fingerprint density at radius 3 is 2.33 bits per heavy atom. The van der Waals surface area contributed by atoms with Gasteiger partial charge in [-0.2, -0.15) is 4.31 Å². The van der Waals surface area contributed by atoms with Gasteiger partial charge in [0.1, 0.15) is 0 Å². The van der Waals surface area contributed by atoms with E-state index in [0.29, 0.717) is 44.8 Å². The highest BCUT2D eigenvalue weighted by Crippen LogP contribution is 2.34. The zero-order valence-electron chi connectivity index (χ0n) is 19.0. The van der Waals surface area contributed by atoms with Gasteiger partial charge >= 0.3 is 0 Å². The summed E-state index contributed by atoms with van der Waals surface area (Å²) in [6.07, 6.45) is 2.06.